The first-order chi connectivity index (χ1) is 16.3. The van der Waals surface area contributed by atoms with Crippen molar-refractivity contribution in [2.75, 3.05) is 19.8 Å². The Morgan fingerprint density at radius 3 is 2.24 bits per heavy atom. The summed E-state index contributed by atoms with van der Waals surface area (Å²) < 4.78 is 13.2. The fraction of sp³-hybridized carbons (Fsp3) is 0.304. The van der Waals surface area contributed by atoms with Crippen molar-refractivity contribution in [2.45, 2.75) is 25.4 Å². The Hall–Kier alpha value is -3.67. The third-order valence-electron chi connectivity index (χ3n) is 5.05. The molecule has 3 rings (SSSR count). The summed E-state index contributed by atoms with van der Waals surface area (Å²) in [5.74, 6) is -2.56. The summed E-state index contributed by atoms with van der Waals surface area (Å²) in [4.78, 5) is 33.8. The van der Waals surface area contributed by atoms with Crippen LogP contribution in [-0.2, 0) is 6.42 Å². The minimum atomic E-state index is -0.972. The van der Waals surface area contributed by atoms with Crippen LogP contribution in [0.2, 0.25) is 0 Å². The number of aliphatic hydroxyl groups excluding tert-OH is 3. The summed E-state index contributed by atoms with van der Waals surface area (Å²) in [7, 11) is 0. The van der Waals surface area contributed by atoms with Crippen LogP contribution in [0.3, 0.4) is 0 Å². The highest BCUT2D eigenvalue weighted by molar-refractivity contribution is 6.09. The SMILES string of the molecule is CC(CO)NC(=O)c1nc(C(=O)NC(CO)CO)c2cc(Cc3ccc(F)cc3)cnc2c1O. The molecule has 2 heterocycles. The van der Waals surface area contributed by atoms with Gasteiger partial charge in [0.15, 0.2) is 11.4 Å². The molecule has 0 radical (unpaired) electrons. The number of nitrogens with zero attached hydrogens (tertiary/aromatic N) is 2. The minimum Gasteiger partial charge on any atom is -0.504 e. The van der Waals surface area contributed by atoms with E-state index in [1.807, 2.05) is 0 Å². The molecule has 1 unspecified atom stereocenters. The Labute approximate surface area is 194 Å². The van der Waals surface area contributed by atoms with Gasteiger partial charge in [-0.25, -0.2) is 9.37 Å². The molecule has 34 heavy (non-hydrogen) atoms. The first kappa shape index (κ1) is 25.0. The van der Waals surface area contributed by atoms with Crippen LogP contribution in [-0.4, -0.2) is 74.1 Å². The van der Waals surface area contributed by atoms with Crippen molar-refractivity contribution in [1.82, 2.24) is 20.6 Å². The number of halogens is 1. The lowest BCUT2D eigenvalue weighted by atomic mass is 10.0. The number of aliphatic hydroxyl groups is 3. The molecule has 180 valence electrons. The number of benzene rings is 1. The highest BCUT2D eigenvalue weighted by atomic mass is 19.1. The molecule has 11 heteroatoms. The van der Waals surface area contributed by atoms with Gasteiger partial charge in [0.05, 0.1) is 25.9 Å². The van der Waals surface area contributed by atoms with Gasteiger partial charge in [0.2, 0.25) is 0 Å². The topological polar surface area (TPSA) is 165 Å². The van der Waals surface area contributed by atoms with E-state index in [9.17, 15) is 34.4 Å². The maximum Gasteiger partial charge on any atom is 0.274 e. The number of carbonyl (C=O) groups is 2. The summed E-state index contributed by atoms with van der Waals surface area (Å²) >= 11 is 0. The van der Waals surface area contributed by atoms with Crippen LogP contribution in [0.1, 0.15) is 39.0 Å². The quantitative estimate of drug-likeness (QED) is 0.258. The number of aromatic nitrogens is 2. The summed E-state index contributed by atoms with van der Waals surface area (Å²) in [5.41, 5.74) is 0.618. The van der Waals surface area contributed by atoms with Gasteiger partial charge in [-0.2, -0.15) is 0 Å². The third kappa shape index (κ3) is 5.63. The Balaban J connectivity index is 2.10. The Bertz CT molecular complexity index is 1180. The summed E-state index contributed by atoms with van der Waals surface area (Å²) in [5, 5.41) is 43.5. The lowest BCUT2D eigenvalue weighted by Crippen LogP contribution is -2.41. The maximum atomic E-state index is 13.2. The molecule has 0 saturated carbocycles. The molecule has 0 fully saturated rings. The predicted octanol–water partition coefficient (Wildman–Crippen LogP) is 0.259. The van der Waals surface area contributed by atoms with E-state index in [-0.39, 0.29) is 29.0 Å². The molecule has 0 bridgehead atoms. The van der Waals surface area contributed by atoms with Crippen LogP contribution in [0.15, 0.2) is 36.5 Å². The fourth-order valence-electron chi connectivity index (χ4n) is 3.22. The molecule has 0 spiro atoms. The monoisotopic (exact) mass is 472 g/mol. The first-order valence-corrected chi connectivity index (χ1v) is 10.5. The second-order valence-corrected chi connectivity index (χ2v) is 7.79. The molecule has 10 nitrogen and oxygen atoms in total. The van der Waals surface area contributed by atoms with Crippen molar-refractivity contribution in [2.24, 2.45) is 0 Å². The molecule has 1 atom stereocenters. The number of hydrogen-bond acceptors (Lipinski definition) is 8. The van der Waals surface area contributed by atoms with Crippen LogP contribution in [0, 0.1) is 5.82 Å². The molecule has 3 aromatic rings. The van der Waals surface area contributed by atoms with E-state index < -0.39 is 48.6 Å². The number of hydrogen-bond donors (Lipinski definition) is 6. The Morgan fingerprint density at radius 1 is 0.971 bits per heavy atom. The maximum absolute atomic E-state index is 13.2. The van der Waals surface area contributed by atoms with Gasteiger partial charge in [0.25, 0.3) is 11.8 Å². The van der Waals surface area contributed by atoms with Gasteiger partial charge in [-0.15, -0.1) is 0 Å². The van der Waals surface area contributed by atoms with Gasteiger partial charge in [-0.3, -0.25) is 14.6 Å². The lowest BCUT2D eigenvalue weighted by Gasteiger charge is -2.17. The standard InChI is InChI=1S/C23H25FN4O6/c1-12(9-29)26-23(34)20-21(32)18-17(19(28-20)22(33)27-16(10-30)11-31)7-14(8-25-18)6-13-2-4-15(24)5-3-13/h2-5,7-8,12,16,29-32H,6,9-11H2,1H3,(H,26,34)(H,27,33). The third-order valence-corrected chi connectivity index (χ3v) is 5.05. The Kier molecular flexibility index (Phi) is 8.05. The number of aromatic hydroxyl groups is 1. The molecule has 1 aromatic carbocycles. The van der Waals surface area contributed by atoms with Gasteiger partial charge < -0.3 is 31.1 Å². The number of nitrogens with one attached hydrogen (secondary N) is 2. The zero-order valence-corrected chi connectivity index (χ0v) is 18.3. The van der Waals surface area contributed by atoms with Crippen LogP contribution in [0.25, 0.3) is 10.9 Å². The largest absolute Gasteiger partial charge is 0.504 e. The van der Waals surface area contributed by atoms with Crippen molar-refractivity contribution in [3.8, 4) is 5.75 Å². The Morgan fingerprint density at radius 2 is 1.62 bits per heavy atom. The molecule has 2 aromatic heterocycles. The molecule has 0 aliphatic carbocycles. The van der Waals surface area contributed by atoms with E-state index in [1.54, 1.807) is 18.2 Å². The van der Waals surface area contributed by atoms with E-state index in [0.717, 1.165) is 5.56 Å². The van der Waals surface area contributed by atoms with Crippen molar-refractivity contribution >= 4 is 22.7 Å². The first-order valence-electron chi connectivity index (χ1n) is 10.5. The zero-order chi connectivity index (χ0) is 24.8. The van der Waals surface area contributed by atoms with Crippen LogP contribution in [0.5, 0.6) is 5.75 Å². The number of carbonyl (C=O) groups excluding carboxylic acids is 2. The number of rotatable bonds is 9. The molecular weight excluding hydrogens is 447 g/mol. The van der Waals surface area contributed by atoms with E-state index in [1.165, 1.54) is 25.3 Å². The van der Waals surface area contributed by atoms with Crippen molar-refractivity contribution in [3.63, 3.8) is 0 Å². The van der Waals surface area contributed by atoms with Crippen molar-refractivity contribution < 1.29 is 34.4 Å². The van der Waals surface area contributed by atoms with Crippen LogP contribution >= 0.6 is 0 Å². The predicted molar refractivity (Wildman–Crippen MR) is 120 cm³/mol. The number of pyridine rings is 2. The van der Waals surface area contributed by atoms with Gasteiger partial charge in [-0.05, 0) is 42.7 Å². The number of fused-ring (bicyclic) bond motifs is 1. The molecule has 0 aliphatic rings. The van der Waals surface area contributed by atoms with Crippen molar-refractivity contribution in [1.29, 1.82) is 0 Å². The van der Waals surface area contributed by atoms with Crippen LogP contribution in [0.4, 0.5) is 4.39 Å². The summed E-state index contributed by atoms with van der Waals surface area (Å²) in [6.07, 6.45) is 1.80. The molecule has 6 N–H and O–H groups in total. The molecular formula is C23H25FN4O6. The fourth-order valence-corrected chi connectivity index (χ4v) is 3.22. The highest BCUT2D eigenvalue weighted by Gasteiger charge is 2.25. The van der Waals surface area contributed by atoms with Gasteiger partial charge in [-0.1, -0.05) is 12.1 Å². The highest BCUT2D eigenvalue weighted by Crippen LogP contribution is 2.29. The summed E-state index contributed by atoms with van der Waals surface area (Å²) in [6, 6.07) is 5.80. The van der Waals surface area contributed by atoms with E-state index in [4.69, 9.17) is 0 Å². The molecule has 0 aliphatic heterocycles. The smallest absolute Gasteiger partial charge is 0.274 e. The molecule has 2 amide bonds. The lowest BCUT2D eigenvalue weighted by molar-refractivity contribution is 0.0875. The number of amides is 2. The summed E-state index contributed by atoms with van der Waals surface area (Å²) in [6.45, 7) is 0.116. The second-order valence-electron chi connectivity index (χ2n) is 7.79. The second kappa shape index (κ2) is 11.0. The van der Waals surface area contributed by atoms with E-state index in [2.05, 4.69) is 20.6 Å². The minimum absolute atomic E-state index is 0.0608. The van der Waals surface area contributed by atoms with E-state index in [0.29, 0.717) is 12.0 Å². The van der Waals surface area contributed by atoms with E-state index >= 15 is 0 Å². The van der Waals surface area contributed by atoms with Gasteiger partial charge in [0, 0.05) is 17.6 Å². The van der Waals surface area contributed by atoms with Crippen LogP contribution < -0.4 is 10.6 Å². The zero-order valence-electron chi connectivity index (χ0n) is 18.3. The van der Waals surface area contributed by atoms with Gasteiger partial charge >= 0.3 is 0 Å². The molecule has 0 saturated heterocycles. The van der Waals surface area contributed by atoms with Crippen molar-refractivity contribution in [3.05, 3.63) is 64.9 Å². The normalized spacial score (nSPS) is 12.1. The van der Waals surface area contributed by atoms with Gasteiger partial charge in [0.1, 0.15) is 17.0 Å². The average molecular weight is 472 g/mol. The average Bonchev–Trinajstić information content (AvgIpc) is 2.83.